The smallest absolute Gasteiger partial charge is 0.226 e. The van der Waals surface area contributed by atoms with Crippen LogP contribution < -0.4 is 9.47 Å². The molecule has 3 atom stereocenters. The van der Waals surface area contributed by atoms with Gasteiger partial charge in [-0.25, -0.2) is 0 Å². The molecule has 23 heavy (non-hydrogen) atoms. The Bertz CT molecular complexity index is 667. The highest BCUT2D eigenvalue weighted by molar-refractivity contribution is 5.81. The van der Waals surface area contributed by atoms with Gasteiger partial charge in [0.25, 0.3) is 0 Å². The van der Waals surface area contributed by atoms with E-state index < -0.39 is 0 Å². The molecule has 1 aromatic rings. The first-order chi connectivity index (χ1) is 11.2. The number of hydrogen-bond acceptors (Lipinski definition) is 3. The van der Waals surface area contributed by atoms with Crippen molar-refractivity contribution in [3.8, 4) is 11.5 Å². The number of methoxy groups -OCH3 is 2. The van der Waals surface area contributed by atoms with E-state index in [1.54, 1.807) is 14.2 Å². The van der Waals surface area contributed by atoms with Crippen LogP contribution in [0.25, 0.3) is 0 Å². The maximum atomic E-state index is 12.9. The maximum Gasteiger partial charge on any atom is 0.226 e. The van der Waals surface area contributed by atoms with Crippen molar-refractivity contribution < 1.29 is 14.3 Å². The summed E-state index contributed by atoms with van der Waals surface area (Å²) in [5, 5.41) is 0. The number of piperidine rings is 1. The standard InChI is InChI=1S/C19H23NO3/c1-22-17-10-13-7-8-20-16(15(13)11-18(17)23-2)9-12-5-3-4-6-14(12)19(20)21/h3,5,10-12,14,16H,4,6-9H2,1-2H3/t12-,14-,16-/m1/s1. The van der Waals surface area contributed by atoms with Crippen molar-refractivity contribution in [3.63, 3.8) is 0 Å². The van der Waals surface area contributed by atoms with Crippen LogP contribution in [0.1, 0.15) is 36.4 Å². The molecule has 4 heteroatoms. The molecular formula is C19H23NO3. The first kappa shape index (κ1) is 14.6. The molecule has 0 radical (unpaired) electrons. The fourth-order valence-corrected chi connectivity index (χ4v) is 4.46. The highest BCUT2D eigenvalue weighted by Crippen LogP contribution is 2.47. The van der Waals surface area contributed by atoms with Gasteiger partial charge in [-0.2, -0.15) is 0 Å². The molecule has 0 bridgehead atoms. The van der Waals surface area contributed by atoms with Crippen molar-refractivity contribution in [3.05, 3.63) is 35.4 Å². The Morgan fingerprint density at radius 2 is 1.96 bits per heavy atom. The van der Waals surface area contributed by atoms with Gasteiger partial charge in [-0.05, 0) is 54.9 Å². The number of ether oxygens (including phenoxy) is 2. The van der Waals surface area contributed by atoms with E-state index in [0.717, 1.165) is 43.7 Å². The maximum absolute atomic E-state index is 12.9. The Balaban J connectivity index is 1.75. The molecule has 4 rings (SSSR count). The van der Waals surface area contributed by atoms with Gasteiger partial charge in [0.1, 0.15) is 0 Å². The molecule has 122 valence electrons. The van der Waals surface area contributed by atoms with Crippen LogP contribution in [0.15, 0.2) is 24.3 Å². The van der Waals surface area contributed by atoms with Crippen molar-refractivity contribution in [1.82, 2.24) is 4.90 Å². The highest BCUT2D eigenvalue weighted by Gasteiger charge is 2.44. The molecule has 1 fully saturated rings. The zero-order chi connectivity index (χ0) is 16.0. The van der Waals surface area contributed by atoms with E-state index in [9.17, 15) is 4.79 Å². The number of carbonyl (C=O) groups is 1. The lowest BCUT2D eigenvalue weighted by Gasteiger charge is -2.47. The Morgan fingerprint density at radius 3 is 2.74 bits per heavy atom. The quantitative estimate of drug-likeness (QED) is 0.788. The summed E-state index contributed by atoms with van der Waals surface area (Å²) in [4.78, 5) is 15.0. The average Bonchev–Trinajstić information content (AvgIpc) is 2.60. The minimum absolute atomic E-state index is 0.176. The van der Waals surface area contributed by atoms with Gasteiger partial charge in [0.15, 0.2) is 11.5 Å². The molecule has 0 unspecified atom stereocenters. The van der Waals surface area contributed by atoms with E-state index in [1.165, 1.54) is 11.1 Å². The molecule has 3 aliphatic rings. The fraction of sp³-hybridized carbons (Fsp3) is 0.526. The van der Waals surface area contributed by atoms with Gasteiger partial charge in [0.05, 0.1) is 20.3 Å². The molecule has 2 aliphatic heterocycles. The number of fused-ring (bicyclic) bond motifs is 4. The van der Waals surface area contributed by atoms with Gasteiger partial charge in [0.2, 0.25) is 5.91 Å². The van der Waals surface area contributed by atoms with Crippen LogP contribution in [-0.4, -0.2) is 31.6 Å². The van der Waals surface area contributed by atoms with Crippen LogP contribution in [0.5, 0.6) is 11.5 Å². The summed E-state index contributed by atoms with van der Waals surface area (Å²) in [5.74, 6) is 2.45. The van der Waals surface area contributed by atoms with E-state index >= 15 is 0 Å². The summed E-state index contributed by atoms with van der Waals surface area (Å²) in [6.07, 6.45) is 8.45. The lowest BCUT2D eigenvalue weighted by molar-refractivity contribution is -0.145. The predicted octanol–water partition coefficient (Wildman–Crippen LogP) is 3.12. The van der Waals surface area contributed by atoms with Crippen molar-refractivity contribution in [2.24, 2.45) is 11.8 Å². The molecule has 1 saturated heterocycles. The van der Waals surface area contributed by atoms with Gasteiger partial charge in [-0.1, -0.05) is 12.2 Å². The summed E-state index contributed by atoms with van der Waals surface area (Å²) >= 11 is 0. The van der Waals surface area contributed by atoms with Crippen LogP contribution in [0.4, 0.5) is 0 Å². The van der Waals surface area contributed by atoms with E-state index in [1.807, 2.05) is 0 Å². The van der Waals surface area contributed by atoms with E-state index in [4.69, 9.17) is 9.47 Å². The number of allylic oxidation sites excluding steroid dienone is 2. The second-order valence-corrected chi connectivity index (χ2v) is 6.71. The zero-order valence-corrected chi connectivity index (χ0v) is 13.7. The molecule has 0 aromatic heterocycles. The van der Waals surface area contributed by atoms with Gasteiger partial charge < -0.3 is 14.4 Å². The molecule has 0 saturated carbocycles. The molecule has 0 spiro atoms. The second-order valence-electron chi connectivity index (χ2n) is 6.71. The predicted molar refractivity (Wildman–Crippen MR) is 87.7 cm³/mol. The number of amides is 1. The molecule has 4 nitrogen and oxygen atoms in total. The van der Waals surface area contributed by atoms with Gasteiger partial charge in [-0.15, -0.1) is 0 Å². The zero-order valence-electron chi connectivity index (χ0n) is 13.7. The Morgan fingerprint density at radius 1 is 1.17 bits per heavy atom. The van der Waals surface area contributed by atoms with Gasteiger partial charge >= 0.3 is 0 Å². The summed E-state index contributed by atoms with van der Waals surface area (Å²) < 4.78 is 10.9. The molecule has 2 heterocycles. The SMILES string of the molecule is COc1cc2c(cc1OC)[C@H]1C[C@H]3C=CCC[C@H]3C(=O)N1CC2. The third kappa shape index (κ3) is 2.23. The monoisotopic (exact) mass is 313 g/mol. The minimum atomic E-state index is 0.176. The summed E-state index contributed by atoms with van der Waals surface area (Å²) in [7, 11) is 3.33. The van der Waals surface area contributed by atoms with Gasteiger partial charge in [-0.3, -0.25) is 4.79 Å². The summed E-state index contributed by atoms with van der Waals surface area (Å²) in [6.45, 7) is 0.818. The molecule has 1 amide bonds. The van der Waals surface area contributed by atoms with Crippen molar-refractivity contribution >= 4 is 5.91 Å². The van der Waals surface area contributed by atoms with E-state index in [0.29, 0.717) is 11.8 Å². The largest absolute Gasteiger partial charge is 0.493 e. The van der Waals surface area contributed by atoms with Crippen LogP contribution in [-0.2, 0) is 11.2 Å². The van der Waals surface area contributed by atoms with Gasteiger partial charge in [0, 0.05) is 12.5 Å². The number of carbonyl (C=O) groups excluding carboxylic acids is 1. The normalized spacial score (nSPS) is 28.7. The lowest BCUT2D eigenvalue weighted by Crippen LogP contribution is -2.50. The van der Waals surface area contributed by atoms with E-state index in [2.05, 4.69) is 29.2 Å². The number of benzene rings is 1. The van der Waals surface area contributed by atoms with Crippen molar-refractivity contribution in [1.29, 1.82) is 0 Å². The van der Waals surface area contributed by atoms with Crippen LogP contribution in [0.2, 0.25) is 0 Å². The van der Waals surface area contributed by atoms with Crippen LogP contribution in [0, 0.1) is 11.8 Å². The fourth-order valence-electron chi connectivity index (χ4n) is 4.46. The van der Waals surface area contributed by atoms with Crippen LogP contribution in [0.3, 0.4) is 0 Å². The Labute approximate surface area is 137 Å². The second kappa shape index (κ2) is 5.59. The summed E-state index contributed by atoms with van der Waals surface area (Å²) in [5.41, 5.74) is 2.52. The summed E-state index contributed by atoms with van der Waals surface area (Å²) in [6, 6.07) is 4.33. The minimum Gasteiger partial charge on any atom is -0.493 e. The first-order valence-corrected chi connectivity index (χ1v) is 8.45. The lowest BCUT2D eigenvalue weighted by atomic mass is 9.72. The third-order valence-corrected chi connectivity index (χ3v) is 5.64. The number of nitrogens with zero attached hydrogens (tertiary/aromatic N) is 1. The topological polar surface area (TPSA) is 38.8 Å². The highest BCUT2D eigenvalue weighted by atomic mass is 16.5. The Hall–Kier alpha value is -1.97. The first-order valence-electron chi connectivity index (χ1n) is 8.45. The number of hydrogen-bond donors (Lipinski definition) is 0. The van der Waals surface area contributed by atoms with Crippen molar-refractivity contribution in [2.45, 2.75) is 31.7 Å². The number of rotatable bonds is 2. The average molecular weight is 313 g/mol. The Kier molecular flexibility index (Phi) is 3.55. The molecule has 1 aromatic carbocycles. The van der Waals surface area contributed by atoms with Crippen molar-refractivity contribution in [2.75, 3.05) is 20.8 Å². The molecule has 1 aliphatic carbocycles. The van der Waals surface area contributed by atoms with Crippen LogP contribution >= 0.6 is 0 Å². The molecule has 0 N–H and O–H groups in total. The molecular weight excluding hydrogens is 290 g/mol. The van der Waals surface area contributed by atoms with E-state index in [-0.39, 0.29) is 12.0 Å². The third-order valence-electron chi connectivity index (χ3n) is 5.64.